The molecule has 0 spiro atoms. The Hall–Kier alpha value is -5.20. The normalized spacial score (nSPS) is 14.0. The number of amides is 3. The van der Waals surface area contributed by atoms with Gasteiger partial charge in [-0.1, -0.05) is 12.1 Å². The second kappa shape index (κ2) is 10.4. The van der Waals surface area contributed by atoms with Crippen LogP contribution in [-0.4, -0.2) is 16.9 Å². The van der Waals surface area contributed by atoms with E-state index in [4.69, 9.17) is 0 Å². The summed E-state index contributed by atoms with van der Waals surface area (Å²) in [6.07, 6.45) is -6.62. The number of hydrogen-bond donors (Lipinski definition) is 5. The summed E-state index contributed by atoms with van der Waals surface area (Å²) in [6.45, 7) is 0. The molecule has 7 nitrogen and oxygen atoms in total. The maximum absolute atomic E-state index is 13.1. The zero-order valence-electron chi connectivity index (χ0n) is 20.7. The number of carbonyl (C=O) groups excluding carboxylic acids is 2. The van der Waals surface area contributed by atoms with Gasteiger partial charge in [0, 0.05) is 40.2 Å². The topological polar surface area (TPSA) is 98.1 Å². The molecule has 0 fully saturated rings. The van der Waals surface area contributed by atoms with Gasteiger partial charge in [-0.15, -0.1) is 0 Å². The molecule has 1 aliphatic rings. The third kappa shape index (κ3) is 6.35. The number of hydrogen-bond acceptors (Lipinski definition) is 3. The third-order valence-electron chi connectivity index (χ3n) is 5.98. The summed E-state index contributed by atoms with van der Waals surface area (Å²) >= 11 is 0. The zero-order chi connectivity index (χ0) is 29.4. The maximum atomic E-state index is 13.1. The zero-order valence-corrected chi connectivity index (χ0v) is 20.7. The summed E-state index contributed by atoms with van der Waals surface area (Å²) in [4.78, 5) is 27.9. The lowest BCUT2D eigenvalue weighted by atomic mass is 10.1. The fourth-order valence-electron chi connectivity index (χ4n) is 4.17. The van der Waals surface area contributed by atoms with Crippen LogP contribution in [0.2, 0.25) is 0 Å². The van der Waals surface area contributed by atoms with E-state index < -0.39 is 35.2 Å². The molecule has 4 aromatic rings. The summed E-state index contributed by atoms with van der Waals surface area (Å²) in [5, 5.41) is 10.3. The number of anilines is 5. The minimum Gasteiger partial charge on any atom is -0.362 e. The van der Waals surface area contributed by atoms with Gasteiger partial charge in [0.1, 0.15) is 0 Å². The Kier molecular flexibility index (Phi) is 6.95. The molecule has 41 heavy (non-hydrogen) atoms. The van der Waals surface area contributed by atoms with E-state index in [2.05, 4.69) is 20.9 Å². The Balaban J connectivity index is 1.29. The molecule has 3 amide bonds. The minimum absolute atomic E-state index is 0.0262. The van der Waals surface area contributed by atoms with Crippen LogP contribution in [0.5, 0.6) is 0 Å². The Morgan fingerprint density at radius 3 is 2.05 bits per heavy atom. The van der Waals surface area contributed by atoms with Crippen LogP contribution in [0.15, 0.2) is 79.0 Å². The van der Waals surface area contributed by atoms with Crippen molar-refractivity contribution in [3.8, 4) is 0 Å². The molecule has 0 atom stereocenters. The second-order valence-electron chi connectivity index (χ2n) is 8.98. The van der Waals surface area contributed by atoms with Crippen molar-refractivity contribution in [3.05, 3.63) is 101 Å². The molecular formula is C28H19F6N5O2. The highest BCUT2D eigenvalue weighted by Crippen LogP contribution is 2.38. The van der Waals surface area contributed by atoms with E-state index in [1.807, 2.05) is 17.4 Å². The van der Waals surface area contributed by atoms with Crippen molar-refractivity contribution in [2.45, 2.75) is 12.4 Å². The molecule has 5 N–H and O–H groups in total. The summed E-state index contributed by atoms with van der Waals surface area (Å²) in [6, 6.07) is 14.9. The molecule has 1 aliphatic heterocycles. The molecule has 13 heteroatoms. The first-order valence-electron chi connectivity index (χ1n) is 11.9. The van der Waals surface area contributed by atoms with Gasteiger partial charge >= 0.3 is 18.4 Å². The first kappa shape index (κ1) is 27.4. The van der Waals surface area contributed by atoms with Crippen LogP contribution in [0.4, 0.5) is 59.6 Å². The SMILES string of the molecule is O=C(Nc1cccc(Nc2ccc3c(c2)NC(=O)C3=Cc2ccc[nH]2)c1)Nc1cc(C(F)(F)F)cc(C(F)(F)F)c1. The Bertz CT molecular complexity index is 1630. The summed E-state index contributed by atoms with van der Waals surface area (Å²) < 4.78 is 78.6. The van der Waals surface area contributed by atoms with Crippen molar-refractivity contribution < 1.29 is 35.9 Å². The van der Waals surface area contributed by atoms with E-state index in [1.54, 1.807) is 42.6 Å². The molecule has 3 aromatic carbocycles. The highest BCUT2D eigenvalue weighted by molar-refractivity contribution is 6.35. The van der Waals surface area contributed by atoms with Crippen LogP contribution >= 0.6 is 0 Å². The lowest BCUT2D eigenvalue weighted by Gasteiger charge is -2.15. The Morgan fingerprint density at radius 2 is 1.39 bits per heavy atom. The number of alkyl halides is 6. The van der Waals surface area contributed by atoms with Crippen LogP contribution in [0.25, 0.3) is 11.6 Å². The van der Waals surface area contributed by atoms with Crippen LogP contribution in [0, 0.1) is 0 Å². The number of aromatic nitrogens is 1. The van der Waals surface area contributed by atoms with Gasteiger partial charge in [-0.3, -0.25) is 4.79 Å². The number of aromatic amines is 1. The average molecular weight is 571 g/mol. The molecule has 0 radical (unpaired) electrons. The second-order valence-corrected chi connectivity index (χ2v) is 8.98. The van der Waals surface area contributed by atoms with Gasteiger partial charge in [-0.05, 0) is 66.7 Å². The van der Waals surface area contributed by atoms with E-state index in [0.717, 1.165) is 5.69 Å². The predicted octanol–water partition coefficient (Wildman–Crippen LogP) is 7.93. The molecule has 2 heterocycles. The first-order valence-corrected chi connectivity index (χ1v) is 11.9. The lowest BCUT2D eigenvalue weighted by Crippen LogP contribution is -2.20. The summed E-state index contributed by atoms with van der Waals surface area (Å²) in [7, 11) is 0. The summed E-state index contributed by atoms with van der Waals surface area (Å²) in [5.41, 5.74) is 0.114. The van der Waals surface area contributed by atoms with Gasteiger partial charge in [0.15, 0.2) is 0 Å². The van der Waals surface area contributed by atoms with Gasteiger partial charge in [0.05, 0.1) is 22.4 Å². The fourth-order valence-corrected chi connectivity index (χ4v) is 4.17. The van der Waals surface area contributed by atoms with Gasteiger partial charge in [0.25, 0.3) is 5.91 Å². The van der Waals surface area contributed by atoms with Gasteiger partial charge in [-0.25, -0.2) is 4.79 Å². The maximum Gasteiger partial charge on any atom is 0.416 e. The highest BCUT2D eigenvalue weighted by Gasteiger charge is 2.37. The lowest BCUT2D eigenvalue weighted by molar-refractivity contribution is -0.143. The van der Waals surface area contributed by atoms with Gasteiger partial charge < -0.3 is 26.3 Å². The van der Waals surface area contributed by atoms with Gasteiger partial charge in [-0.2, -0.15) is 26.3 Å². The number of carbonyl (C=O) groups is 2. The monoisotopic (exact) mass is 571 g/mol. The number of urea groups is 1. The number of H-pyrrole nitrogens is 1. The minimum atomic E-state index is -5.05. The van der Waals surface area contributed by atoms with Crippen LogP contribution in [0.3, 0.4) is 0 Å². The van der Waals surface area contributed by atoms with Crippen LogP contribution in [0.1, 0.15) is 22.4 Å². The van der Waals surface area contributed by atoms with Crippen molar-refractivity contribution in [1.29, 1.82) is 0 Å². The first-order chi connectivity index (χ1) is 19.3. The van der Waals surface area contributed by atoms with E-state index in [1.165, 1.54) is 12.1 Å². The van der Waals surface area contributed by atoms with Crippen molar-refractivity contribution in [3.63, 3.8) is 0 Å². The Labute approximate surface area is 228 Å². The van der Waals surface area contributed by atoms with Crippen molar-refractivity contribution in [1.82, 2.24) is 4.98 Å². The van der Waals surface area contributed by atoms with Gasteiger partial charge in [0.2, 0.25) is 0 Å². The van der Waals surface area contributed by atoms with Crippen molar-refractivity contribution >= 4 is 52.0 Å². The largest absolute Gasteiger partial charge is 0.416 e. The predicted molar refractivity (Wildman–Crippen MR) is 143 cm³/mol. The highest BCUT2D eigenvalue weighted by atomic mass is 19.4. The smallest absolute Gasteiger partial charge is 0.362 e. The van der Waals surface area contributed by atoms with Crippen LogP contribution < -0.4 is 21.3 Å². The number of halogens is 6. The molecule has 0 saturated heterocycles. The molecule has 0 aliphatic carbocycles. The molecule has 210 valence electrons. The van der Waals surface area contributed by atoms with E-state index in [0.29, 0.717) is 40.3 Å². The van der Waals surface area contributed by atoms with E-state index in [9.17, 15) is 35.9 Å². The van der Waals surface area contributed by atoms with Crippen molar-refractivity contribution in [2.24, 2.45) is 0 Å². The van der Waals surface area contributed by atoms with Crippen molar-refractivity contribution in [2.75, 3.05) is 21.3 Å². The average Bonchev–Trinajstić information content (AvgIpc) is 3.50. The molecular weight excluding hydrogens is 552 g/mol. The van der Waals surface area contributed by atoms with E-state index in [-0.39, 0.29) is 17.7 Å². The Morgan fingerprint density at radius 1 is 0.732 bits per heavy atom. The number of benzene rings is 3. The molecule has 1 aromatic heterocycles. The fraction of sp³-hybridized carbons (Fsp3) is 0.0714. The molecule has 5 rings (SSSR count). The van der Waals surface area contributed by atoms with Crippen LogP contribution in [-0.2, 0) is 17.1 Å². The molecule has 0 unspecified atom stereocenters. The number of rotatable bonds is 5. The molecule has 0 bridgehead atoms. The summed E-state index contributed by atoms with van der Waals surface area (Å²) in [5.74, 6) is -0.257. The third-order valence-corrected chi connectivity index (χ3v) is 5.98. The standard InChI is InChI=1S/C28H19F6N5O2/c29-27(30,31)15-9-16(28(32,33)34)11-21(10-15)38-26(41)37-19-4-1-3-18(12-19)36-20-6-7-22-23(13-17-5-2-8-35-17)25(40)39-24(22)14-20/h1-14,35-36H,(H,39,40)(H2,37,38,41). The quantitative estimate of drug-likeness (QED) is 0.124. The van der Waals surface area contributed by atoms with E-state index >= 15 is 0 Å². The molecule has 0 saturated carbocycles. The number of nitrogens with one attached hydrogen (secondary N) is 5. The number of fused-ring (bicyclic) bond motifs is 1.